The molecule has 0 aliphatic heterocycles. The SMILES string of the molecule is CNc1nc(C)c2cc(-c3cnc(OC)c(-c4c(F)ccc(S(N)(=O)=O)c4F)c3)cc(OC3CCC3)c2n1. The Balaban J connectivity index is 1.73. The number of nitrogens with two attached hydrogens (primary N) is 1. The maximum atomic E-state index is 15.3. The minimum absolute atomic E-state index is 0.0652. The maximum absolute atomic E-state index is 15.3. The molecule has 12 heteroatoms. The van der Waals surface area contributed by atoms with Gasteiger partial charge < -0.3 is 14.8 Å². The van der Waals surface area contributed by atoms with Crippen molar-refractivity contribution in [2.24, 2.45) is 5.14 Å². The predicted molar refractivity (Wildman–Crippen MR) is 139 cm³/mol. The van der Waals surface area contributed by atoms with Gasteiger partial charge in [0.15, 0.2) is 5.82 Å². The molecule has 0 radical (unpaired) electrons. The monoisotopic (exact) mass is 541 g/mol. The van der Waals surface area contributed by atoms with Crippen molar-refractivity contribution in [3.63, 3.8) is 0 Å². The van der Waals surface area contributed by atoms with E-state index in [0.29, 0.717) is 34.0 Å². The summed E-state index contributed by atoms with van der Waals surface area (Å²) in [5, 5.41) is 8.83. The zero-order valence-electron chi connectivity index (χ0n) is 20.9. The molecule has 3 N–H and O–H groups in total. The van der Waals surface area contributed by atoms with Crippen molar-refractivity contribution in [2.45, 2.75) is 37.2 Å². The molecule has 0 amide bonds. The number of hydrogen-bond donors (Lipinski definition) is 2. The number of anilines is 1. The van der Waals surface area contributed by atoms with E-state index in [1.807, 2.05) is 13.0 Å². The third kappa shape index (κ3) is 4.61. The quantitative estimate of drug-likeness (QED) is 0.348. The van der Waals surface area contributed by atoms with Crippen LogP contribution in [0.15, 0.2) is 41.4 Å². The largest absolute Gasteiger partial charge is 0.488 e. The van der Waals surface area contributed by atoms with E-state index < -0.39 is 32.1 Å². The molecule has 4 aromatic rings. The highest BCUT2D eigenvalue weighted by Crippen LogP contribution is 2.40. The number of aryl methyl sites for hydroxylation is 1. The number of pyridine rings is 1. The highest BCUT2D eigenvalue weighted by molar-refractivity contribution is 7.89. The Labute approximate surface area is 218 Å². The molecule has 0 bridgehead atoms. The first-order chi connectivity index (χ1) is 18.1. The lowest BCUT2D eigenvalue weighted by Gasteiger charge is -2.27. The second kappa shape index (κ2) is 9.76. The zero-order valence-corrected chi connectivity index (χ0v) is 21.7. The fourth-order valence-corrected chi connectivity index (χ4v) is 4.95. The van der Waals surface area contributed by atoms with Crippen molar-refractivity contribution in [1.29, 1.82) is 0 Å². The van der Waals surface area contributed by atoms with E-state index >= 15 is 4.39 Å². The Morgan fingerprint density at radius 2 is 1.87 bits per heavy atom. The number of halogens is 2. The lowest BCUT2D eigenvalue weighted by Crippen LogP contribution is -2.24. The van der Waals surface area contributed by atoms with Crippen LogP contribution in [-0.4, -0.2) is 43.6 Å². The van der Waals surface area contributed by atoms with E-state index in [-0.39, 0.29) is 17.5 Å². The van der Waals surface area contributed by atoms with Gasteiger partial charge in [0.1, 0.15) is 22.0 Å². The molecule has 0 saturated heterocycles. The standard InChI is InChI=1S/C26H25F2N5O4S/c1-13-17-9-14(11-20(37-16-5-4-6-16)24(17)33-26(30-2)32-13)15-10-18(25(36-3)31-12-15)22-19(27)7-8-21(23(22)28)38(29,34)35/h7-12,16H,4-6H2,1-3H3,(H2,29,34,35)(H,30,32,33). The van der Waals surface area contributed by atoms with Crippen LogP contribution in [0.3, 0.4) is 0 Å². The van der Waals surface area contributed by atoms with Crippen molar-refractivity contribution in [1.82, 2.24) is 15.0 Å². The Morgan fingerprint density at radius 3 is 2.50 bits per heavy atom. The van der Waals surface area contributed by atoms with Gasteiger partial charge in [-0.1, -0.05) is 0 Å². The van der Waals surface area contributed by atoms with Gasteiger partial charge in [-0.05, 0) is 62.1 Å². The van der Waals surface area contributed by atoms with Gasteiger partial charge in [-0.3, -0.25) is 0 Å². The van der Waals surface area contributed by atoms with E-state index in [0.717, 1.165) is 36.8 Å². The number of benzene rings is 2. The van der Waals surface area contributed by atoms with E-state index in [2.05, 4.69) is 20.3 Å². The number of primary sulfonamides is 1. The second-order valence-electron chi connectivity index (χ2n) is 8.98. The average molecular weight is 542 g/mol. The summed E-state index contributed by atoms with van der Waals surface area (Å²) in [6, 6.07) is 6.74. The molecule has 1 saturated carbocycles. The first-order valence-electron chi connectivity index (χ1n) is 11.8. The number of nitrogens with one attached hydrogen (secondary N) is 1. The molecule has 0 atom stereocenters. The van der Waals surface area contributed by atoms with Gasteiger partial charge in [0.05, 0.1) is 30.0 Å². The number of nitrogens with zero attached hydrogens (tertiary/aromatic N) is 3. The van der Waals surface area contributed by atoms with E-state index in [1.54, 1.807) is 13.1 Å². The number of methoxy groups -OCH3 is 1. The summed E-state index contributed by atoms with van der Waals surface area (Å²) in [5.74, 6) is -1.42. The number of sulfonamides is 1. The predicted octanol–water partition coefficient (Wildman–Crippen LogP) is 4.57. The smallest absolute Gasteiger partial charge is 0.240 e. The summed E-state index contributed by atoms with van der Waals surface area (Å²) in [6.07, 6.45) is 4.51. The second-order valence-corrected chi connectivity index (χ2v) is 10.5. The van der Waals surface area contributed by atoms with E-state index in [9.17, 15) is 12.8 Å². The number of hydrogen-bond acceptors (Lipinski definition) is 8. The van der Waals surface area contributed by atoms with Gasteiger partial charge in [-0.2, -0.15) is 0 Å². The van der Waals surface area contributed by atoms with Crippen LogP contribution in [-0.2, 0) is 10.0 Å². The zero-order chi connectivity index (χ0) is 27.2. The third-order valence-electron chi connectivity index (χ3n) is 6.53. The van der Waals surface area contributed by atoms with Gasteiger partial charge in [-0.25, -0.2) is 37.3 Å². The molecule has 2 heterocycles. The number of rotatable bonds is 7. The molecule has 38 heavy (non-hydrogen) atoms. The molecular formula is C26H25F2N5O4S. The Bertz CT molecular complexity index is 1680. The lowest BCUT2D eigenvalue weighted by molar-refractivity contribution is 0.122. The summed E-state index contributed by atoms with van der Waals surface area (Å²) in [4.78, 5) is 12.5. The van der Waals surface area contributed by atoms with Gasteiger partial charge in [0.2, 0.25) is 21.9 Å². The highest BCUT2D eigenvalue weighted by atomic mass is 32.2. The minimum atomic E-state index is -4.45. The molecule has 5 rings (SSSR count). The first-order valence-corrected chi connectivity index (χ1v) is 13.4. The van der Waals surface area contributed by atoms with Gasteiger partial charge in [0, 0.05) is 24.2 Å². The number of aromatic nitrogens is 3. The van der Waals surface area contributed by atoms with Crippen molar-refractivity contribution < 1.29 is 26.7 Å². The van der Waals surface area contributed by atoms with Gasteiger partial charge in [0.25, 0.3) is 0 Å². The van der Waals surface area contributed by atoms with E-state index in [1.165, 1.54) is 19.4 Å². The average Bonchev–Trinajstić information content (AvgIpc) is 2.85. The summed E-state index contributed by atoms with van der Waals surface area (Å²) in [5.41, 5.74) is 1.77. The molecule has 9 nitrogen and oxygen atoms in total. The summed E-state index contributed by atoms with van der Waals surface area (Å²) in [6.45, 7) is 1.85. The van der Waals surface area contributed by atoms with Crippen LogP contribution in [0, 0.1) is 18.6 Å². The van der Waals surface area contributed by atoms with Crippen LogP contribution in [0.5, 0.6) is 11.6 Å². The molecule has 0 spiro atoms. The number of fused-ring (bicyclic) bond motifs is 1. The van der Waals surface area contributed by atoms with Crippen molar-refractivity contribution in [3.8, 4) is 33.9 Å². The third-order valence-corrected chi connectivity index (χ3v) is 7.46. The molecule has 2 aromatic heterocycles. The van der Waals surface area contributed by atoms with Crippen molar-refractivity contribution in [3.05, 3.63) is 53.9 Å². The molecule has 2 aromatic carbocycles. The molecule has 1 aliphatic carbocycles. The van der Waals surface area contributed by atoms with E-state index in [4.69, 9.17) is 14.6 Å². The Hall–Kier alpha value is -3.90. The van der Waals surface area contributed by atoms with Crippen LogP contribution in [0.25, 0.3) is 33.2 Å². The highest BCUT2D eigenvalue weighted by Gasteiger charge is 2.26. The van der Waals surface area contributed by atoms with Gasteiger partial charge >= 0.3 is 0 Å². The molecule has 1 aliphatic rings. The molecule has 1 fully saturated rings. The van der Waals surface area contributed by atoms with Crippen LogP contribution >= 0.6 is 0 Å². The lowest BCUT2D eigenvalue weighted by atomic mass is 9.95. The van der Waals surface area contributed by atoms with Crippen LogP contribution in [0.1, 0.15) is 25.0 Å². The molecular weight excluding hydrogens is 516 g/mol. The van der Waals surface area contributed by atoms with Crippen molar-refractivity contribution >= 4 is 26.9 Å². The van der Waals surface area contributed by atoms with Crippen LogP contribution in [0.4, 0.5) is 14.7 Å². The number of ether oxygens (including phenoxy) is 2. The summed E-state index contributed by atoms with van der Waals surface area (Å²) in [7, 11) is -1.42. The van der Waals surface area contributed by atoms with Crippen LogP contribution in [0.2, 0.25) is 0 Å². The molecule has 0 unspecified atom stereocenters. The topological polar surface area (TPSA) is 129 Å². The van der Waals surface area contributed by atoms with Crippen LogP contribution < -0.4 is 19.9 Å². The first kappa shape index (κ1) is 25.7. The van der Waals surface area contributed by atoms with Crippen molar-refractivity contribution in [2.75, 3.05) is 19.5 Å². The minimum Gasteiger partial charge on any atom is -0.488 e. The van der Waals surface area contributed by atoms with Gasteiger partial charge in [-0.15, -0.1) is 0 Å². The maximum Gasteiger partial charge on any atom is 0.240 e. The molecule has 198 valence electrons. The fraction of sp³-hybridized carbons (Fsp3) is 0.269. The Kier molecular flexibility index (Phi) is 6.61. The normalized spacial score (nSPS) is 13.8. The Morgan fingerprint density at radius 1 is 1.11 bits per heavy atom. The fourth-order valence-electron chi connectivity index (χ4n) is 4.34. The summed E-state index contributed by atoms with van der Waals surface area (Å²) < 4.78 is 65.6. The summed E-state index contributed by atoms with van der Waals surface area (Å²) >= 11 is 0.